The molecule has 0 spiro atoms. The van der Waals surface area contributed by atoms with Crippen LogP contribution in [0.2, 0.25) is 0 Å². The first-order valence-corrected chi connectivity index (χ1v) is 14.5. The van der Waals surface area contributed by atoms with Crippen LogP contribution in [0.25, 0.3) is 11.2 Å². The highest BCUT2D eigenvalue weighted by atomic mass is 19.4. The number of imidazole rings is 1. The summed E-state index contributed by atoms with van der Waals surface area (Å²) in [7, 11) is 0. The van der Waals surface area contributed by atoms with E-state index >= 15 is 0 Å². The van der Waals surface area contributed by atoms with Crippen molar-refractivity contribution < 1.29 is 13.2 Å². The number of nitrogens with zero attached hydrogens (tertiary/aromatic N) is 5. The van der Waals surface area contributed by atoms with E-state index in [0.717, 1.165) is 42.6 Å². The monoisotopic (exact) mass is 586 g/mol. The number of alkyl halides is 3. The minimum Gasteiger partial charge on any atom is -0.341 e. The molecule has 0 bridgehead atoms. The summed E-state index contributed by atoms with van der Waals surface area (Å²) in [6, 6.07) is 24.7. The number of anilines is 1. The highest BCUT2D eigenvalue weighted by molar-refractivity contribution is 5.74. The molecule has 2 N–H and O–H groups in total. The van der Waals surface area contributed by atoms with Crippen molar-refractivity contribution >= 4 is 17.1 Å². The molecule has 6 rings (SSSR count). The third-order valence-corrected chi connectivity index (χ3v) is 7.92. The van der Waals surface area contributed by atoms with E-state index in [2.05, 4.69) is 4.90 Å². The van der Waals surface area contributed by atoms with E-state index < -0.39 is 11.7 Å². The third kappa shape index (κ3) is 6.34. The molecule has 2 aromatic heterocycles. The van der Waals surface area contributed by atoms with Crippen molar-refractivity contribution in [2.45, 2.75) is 51.0 Å². The van der Waals surface area contributed by atoms with Crippen LogP contribution < -0.4 is 16.2 Å². The lowest BCUT2D eigenvalue weighted by molar-refractivity contribution is -0.137. The van der Waals surface area contributed by atoms with E-state index in [4.69, 9.17) is 15.7 Å². The van der Waals surface area contributed by atoms with Gasteiger partial charge in [-0.25, -0.2) is 4.98 Å². The van der Waals surface area contributed by atoms with Gasteiger partial charge in [0.15, 0.2) is 11.2 Å². The molecule has 0 saturated carbocycles. The van der Waals surface area contributed by atoms with Crippen LogP contribution >= 0.6 is 0 Å². The number of piperidine rings is 1. The summed E-state index contributed by atoms with van der Waals surface area (Å²) in [5.41, 5.74) is 8.32. The van der Waals surface area contributed by atoms with Crippen molar-refractivity contribution in [1.29, 1.82) is 0 Å². The lowest BCUT2D eigenvalue weighted by atomic mass is 10.1. The molecule has 1 aliphatic heterocycles. The number of aryl methyl sites for hydroxylation is 2. The first-order chi connectivity index (χ1) is 20.8. The maximum Gasteiger partial charge on any atom is 0.416 e. The Morgan fingerprint density at radius 1 is 0.814 bits per heavy atom. The Bertz CT molecular complexity index is 1770. The third-order valence-electron chi connectivity index (χ3n) is 7.92. The number of hydrogen-bond donors (Lipinski definition) is 1. The van der Waals surface area contributed by atoms with Crippen LogP contribution in [-0.4, -0.2) is 38.2 Å². The molecule has 1 saturated heterocycles. The summed E-state index contributed by atoms with van der Waals surface area (Å²) in [5.74, 6) is 1.11. The van der Waals surface area contributed by atoms with Gasteiger partial charge in [0.05, 0.1) is 18.7 Å². The number of hydrogen-bond acceptors (Lipinski definition) is 5. The number of halogens is 3. The Morgan fingerprint density at radius 3 is 2.19 bits per heavy atom. The van der Waals surface area contributed by atoms with E-state index in [1.165, 1.54) is 10.6 Å². The van der Waals surface area contributed by atoms with Crippen LogP contribution in [0.1, 0.15) is 40.9 Å². The minimum absolute atomic E-state index is 0.00861. The SMILES string of the molecule is NC1CCCN(c2nc3nc(CCc4ccccc4)n(Cc4cccc(C(F)(F)F)c4)c(=O)c3n2Cc2ccccc2)C1. The molecule has 3 heterocycles. The van der Waals surface area contributed by atoms with E-state index in [9.17, 15) is 18.0 Å². The molecule has 1 fully saturated rings. The average Bonchev–Trinajstić information content (AvgIpc) is 3.36. The molecule has 43 heavy (non-hydrogen) atoms. The molecule has 1 unspecified atom stereocenters. The maximum atomic E-state index is 14.4. The summed E-state index contributed by atoms with van der Waals surface area (Å²) in [5, 5.41) is 0. The molecule has 7 nitrogen and oxygen atoms in total. The Hall–Kier alpha value is -4.44. The van der Waals surface area contributed by atoms with Crippen LogP contribution in [0.4, 0.5) is 19.1 Å². The Balaban J connectivity index is 1.50. The number of benzene rings is 3. The summed E-state index contributed by atoms with van der Waals surface area (Å²) in [6.45, 7) is 1.71. The van der Waals surface area contributed by atoms with Crippen molar-refractivity contribution in [2.24, 2.45) is 5.73 Å². The van der Waals surface area contributed by atoms with Gasteiger partial charge in [-0.05, 0) is 48.1 Å². The number of nitrogens with two attached hydrogens (primary N) is 1. The largest absolute Gasteiger partial charge is 0.416 e. The highest BCUT2D eigenvalue weighted by Gasteiger charge is 2.31. The summed E-state index contributed by atoms with van der Waals surface area (Å²) < 4.78 is 44.0. The van der Waals surface area contributed by atoms with Crippen molar-refractivity contribution in [3.05, 3.63) is 123 Å². The molecule has 1 aliphatic rings. The van der Waals surface area contributed by atoms with Crippen LogP contribution in [-0.2, 0) is 32.1 Å². The molecular formula is C33H33F3N6O. The van der Waals surface area contributed by atoms with Gasteiger partial charge < -0.3 is 10.6 Å². The summed E-state index contributed by atoms with van der Waals surface area (Å²) in [4.78, 5) is 26.3. The van der Waals surface area contributed by atoms with Gasteiger partial charge in [0.2, 0.25) is 5.95 Å². The minimum atomic E-state index is -4.49. The van der Waals surface area contributed by atoms with Gasteiger partial charge in [0, 0.05) is 25.6 Å². The lowest BCUT2D eigenvalue weighted by Crippen LogP contribution is -2.44. The van der Waals surface area contributed by atoms with Gasteiger partial charge in [-0.15, -0.1) is 0 Å². The fraction of sp³-hybridized carbons (Fsp3) is 0.303. The molecule has 0 aliphatic carbocycles. The predicted molar refractivity (Wildman–Crippen MR) is 161 cm³/mol. The second kappa shape index (κ2) is 12.0. The molecule has 10 heteroatoms. The van der Waals surface area contributed by atoms with Gasteiger partial charge in [-0.2, -0.15) is 18.2 Å². The van der Waals surface area contributed by atoms with Gasteiger partial charge in [0.25, 0.3) is 5.56 Å². The van der Waals surface area contributed by atoms with Crippen LogP contribution in [0.15, 0.2) is 89.7 Å². The van der Waals surface area contributed by atoms with Crippen LogP contribution in [0.3, 0.4) is 0 Å². The zero-order valence-electron chi connectivity index (χ0n) is 23.7. The second-order valence-corrected chi connectivity index (χ2v) is 11.1. The van der Waals surface area contributed by atoms with Crippen molar-refractivity contribution in [2.75, 3.05) is 18.0 Å². The first kappa shape index (κ1) is 28.7. The smallest absolute Gasteiger partial charge is 0.341 e. The van der Waals surface area contributed by atoms with Crippen LogP contribution in [0.5, 0.6) is 0 Å². The standard InChI is InChI=1S/C33H33F3N6O/c34-33(35,36)26-14-7-13-25(19-26)21-41-28(17-16-23-9-3-1-4-10-23)38-30-29(31(41)43)42(20-24-11-5-2-6-12-24)32(39-30)40-18-8-15-27(37)22-40/h1-7,9-14,19,27H,8,15-18,20-22,37H2. The zero-order valence-corrected chi connectivity index (χ0v) is 23.7. The average molecular weight is 587 g/mol. The molecule has 1 atom stereocenters. The molecule has 0 radical (unpaired) electrons. The topological polar surface area (TPSA) is 82.0 Å². The number of aromatic nitrogens is 4. The predicted octanol–water partition coefficient (Wildman–Crippen LogP) is 5.42. The molecule has 3 aromatic carbocycles. The zero-order chi connectivity index (χ0) is 30.0. The number of rotatable bonds is 8. The van der Waals surface area contributed by atoms with Gasteiger partial charge in [-0.3, -0.25) is 13.9 Å². The van der Waals surface area contributed by atoms with Crippen LogP contribution in [0, 0.1) is 0 Å². The van der Waals surface area contributed by atoms with E-state index in [0.29, 0.717) is 54.4 Å². The Labute approximate surface area is 247 Å². The van der Waals surface area contributed by atoms with Crippen molar-refractivity contribution in [3.63, 3.8) is 0 Å². The Kier molecular flexibility index (Phi) is 8.03. The van der Waals surface area contributed by atoms with E-state index in [-0.39, 0.29) is 18.1 Å². The quantitative estimate of drug-likeness (QED) is 0.263. The van der Waals surface area contributed by atoms with Crippen molar-refractivity contribution in [3.8, 4) is 0 Å². The molecular weight excluding hydrogens is 553 g/mol. The molecule has 0 amide bonds. The summed E-state index contributed by atoms with van der Waals surface area (Å²) in [6.07, 6.45) is -1.63. The summed E-state index contributed by atoms with van der Waals surface area (Å²) >= 11 is 0. The van der Waals surface area contributed by atoms with E-state index in [1.54, 1.807) is 6.07 Å². The van der Waals surface area contributed by atoms with Gasteiger partial charge >= 0.3 is 6.18 Å². The lowest BCUT2D eigenvalue weighted by Gasteiger charge is -2.31. The van der Waals surface area contributed by atoms with Gasteiger partial charge in [0.1, 0.15) is 5.82 Å². The highest BCUT2D eigenvalue weighted by Crippen LogP contribution is 2.30. The fourth-order valence-corrected chi connectivity index (χ4v) is 5.78. The second-order valence-electron chi connectivity index (χ2n) is 11.1. The maximum absolute atomic E-state index is 14.4. The molecule has 5 aromatic rings. The molecule has 222 valence electrons. The van der Waals surface area contributed by atoms with Gasteiger partial charge in [-0.1, -0.05) is 72.8 Å². The Morgan fingerprint density at radius 2 is 1.49 bits per heavy atom. The number of fused-ring (bicyclic) bond motifs is 1. The fourth-order valence-electron chi connectivity index (χ4n) is 5.78. The first-order valence-electron chi connectivity index (χ1n) is 14.5. The van der Waals surface area contributed by atoms with E-state index in [1.807, 2.05) is 65.2 Å². The van der Waals surface area contributed by atoms with Crippen molar-refractivity contribution in [1.82, 2.24) is 19.1 Å². The normalized spacial score (nSPS) is 15.7.